The number of rotatable bonds is 9. The lowest BCUT2D eigenvalue weighted by molar-refractivity contribution is -0.211. The Labute approximate surface area is 212 Å². The highest BCUT2D eigenvalue weighted by Gasteiger charge is 2.68. The van der Waals surface area contributed by atoms with E-state index in [1.54, 1.807) is 11.8 Å². The highest BCUT2D eigenvalue weighted by Crippen LogP contribution is 2.68. The van der Waals surface area contributed by atoms with Gasteiger partial charge in [0.2, 0.25) is 0 Å². The van der Waals surface area contributed by atoms with Crippen molar-refractivity contribution in [2.75, 3.05) is 31.1 Å². The summed E-state index contributed by atoms with van der Waals surface area (Å²) in [5.41, 5.74) is -0.918. The summed E-state index contributed by atoms with van der Waals surface area (Å²) in [6, 6.07) is 0. The first-order chi connectivity index (χ1) is 16.0. The molecule has 3 aliphatic rings. The largest absolute Gasteiger partial charge is 0.461 e. The second-order valence-corrected chi connectivity index (χ2v) is 13.0. The molecule has 196 valence electrons. The fourth-order valence-corrected chi connectivity index (χ4v) is 8.56. The Morgan fingerprint density at radius 1 is 1.18 bits per heavy atom. The molecule has 0 saturated heterocycles. The Morgan fingerprint density at radius 3 is 2.47 bits per heavy atom. The second kappa shape index (κ2) is 10.8. The monoisotopic (exact) mass is 495 g/mol. The number of esters is 1. The lowest BCUT2D eigenvalue weighted by Gasteiger charge is -2.62. The van der Waals surface area contributed by atoms with Gasteiger partial charge in [-0.25, -0.2) is 0 Å². The molecule has 0 aromatic rings. The van der Waals surface area contributed by atoms with Crippen LogP contribution in [-0.4, -0.2) is 65.1 Å². The number of carbonyl (C=O) groups is 2. The number of ketones is 1. The minimum Gasteiger partial charge on any atom is -0.461 e. The second-order valence-electron chi connectivity index (χ2n) is 11.9. The van der Waals surface area contributed by atoms with Gasteiger partial charge in [-0.05, 0) is 67.9 Å². The Bertz CT molecular complexity index is 742. The van der Waals surface area contributed by atoms with Crippen LogP contribution < -0.4 is 0 Å². The van der Waals surface area contributed by atoms with Crippen LogP contribution in [0.2, 0.25) is 0 Å². The molecular formula is C28H49NO4S. The summed E-state index contributed by atoms with van der Waals surface area (Å²) in [6.07, 6.45) is 4.04. The van der Waals surface area contributed by atoms with Gasteiger partial charge in [0.05, 0.1) is 11.9 Å². The number of Topliss-reactive ketones (excluding diaryl/α,β-unsaturated/α-hetero) is 1. The molecule has 0 aliphatic heterocycles. The van der Waals surface area contributed by atoms with Crippen LogP contribution in [0.1, 0.15) is 87.0 Å². The van der Waals surface area contributed by atoms with Crippen molar-refractivity contribution < 1.29 is 19.4 Å². The van der Waals surface area contributed by atoms with Gasteiger partial charge in [-0.1, -0.05) is 48.5 Å². The van der Waals surface area contributed by atoms with E-state index in [1.165, 1.54) is 0 Å². The lowest BCUT2D eigenvalue weighted by Crippen LogP contribution is -2.63. The van der Waals surface area contributed by atoms with E-state index in [0.717, 1.165) is 51.1 Å². The van der Waals surface area contributed by atoms with Gasteiger partial charge in [0.25, 0.3) is 0 Å². The van der Waals surface area contributed by atoms with Gasteiger partial charge in [0, 0.05) is 30.1 Å². The first kappa shape index (κ1) is 28.0. The van der Waals surface area contributed by atoms with E-state index >= 15 is 0 Å². The van der Waals surface area contributed by atoms with E-state index < -0.39 is 11.5 Å². The van der Waals surface area contributed by atoms with Crippen LogP contribution in [0.25, 0.3) is 0 Å². The molecule has 0 spiro atoms. The number of nitrogens with zero attached hydrogens (tertiary/aromatic N) is 1. The minimum absolute atomic E-state index is 0.0630. The van der Waals surface area contributed by atoms with Gasteiger partial charge in [-0.15, -0.1) is 11.8 Å². The fraction of sp³-hybridized carbons (Fsp3) is 0.929. The Balaban J connectivity index is 1.87. The third-order valence-corrected chi connectivity index (χ3v) is 11.6. The van der Waals surface area contributed by atoms with Crippen LogP contribution in [0.4, 0.5) is 0 Å². The van der Waals surface area contributed by atoms with Crippen molar-refractivity contribution in [3.8, 4) is 0 Å². The Morgan fingerprint density at radius 2 is 1.85 bits per heavy atom. The summed E-state index contributed by atoms with van der Waals surface area (Å²) >= 11 is 1.63. The van der Waals surface area contributed by atoms with E-state index in [-0.39, 0.29) is 34.7 Å². The summed E-state index contributed by atoms with van der Waals surface area (Å²) in [5, 5.41) is 11.7. The van der Waals surface area contributed by atoms with E-state index in [9.17, 15) is 14.7 Å². The van der Waals surface area contributed by atoms with Gasteiger partial charge in [-0.2, -0.15) is 0 Å². The smallest absolute Gasteiger partial charge is 0.316 e. The van der Waals surface area contributed by atoms with Crippen molar-refractivity contribution in [2.24, 2.45) is 34.0 Å². The van der Waals surface area contributed by atoms with E-state index in [2.05, 4.69) is 53.4 Å². The van der Waals surface area contributed by atoms with Crippen LogP contribution in [0.3, 0.4) is 0 Å². The molecule has 8 atom stereocenters. The highest BCUT2D eigenvalue weighted by molar-refractivity contribution is 7.99. The summed E-state index contributed by atoms with van der Waals surface area (Å²) < 4.78 is 6.34. The standard InChI is InChI=1S/C28H49NO4S/c1-8-26(6)17-22(33-23(31)18-34-16-15-29(9-2)10-3)27(7)19(4)11-13-28(20(5)25(26)32)14-12-21(30)24(27)28/h19-20,22,24-25,32H,8-18H2,1-7H3/t19-,20+,22-,24+,25+,26-,27+,28+/m1/s1. The highest BCUT2D eigenvalue weighted by atomic mass is 32.2. The zero-order valence-corrected chi connectivity index (χ0v) is 23.5. The molecule has 0 unspecified atom stereocenters. The van der Waals surface area contributed by atoms with Crippen LogP contribution >= 0.6 is 11.8 Å². The number of hydrogen-bond donors (Lipinski definition) is 1. The number of aliphatic hydroxyl groups excluding tert-OH is 1. The number of thioether (sulfide) groups is 1. The van der Waals surface area contributed by atoms with Gasteiger partial charge in [-0.3, -0.25) is 9.59 Å². The number of ether oxygens (including phenoxy) is 1. The predicted octanol–water partition coefficient (Wildman–Crippen LogP) is 5.19. The van der Waals surface area contributed by atoms with Gasteiger partial charge < -0.3 is 14.7 Å². The first-order valence-electron chi connectivity index (χ1n) is 13.7. The molecule has 0 radical (unpaired) electrons. The van der Waals surface area contributed by atoms with Gasteiger partial charge >= 0.3 is 5.97 Å². The number of hydrogen-bond acceptors (Lipinski definition) is 6. The maximum Gasteiger partial charge on any atom is 0.316 e. The topological polar surface area (TPSA) is 66.8 Å². The van der Waals surface area contributed by atoms with E-state index in [4.69, 9.17) is 4.74 Å². The average Bonchev–Trinajstić information content (AvgIpc) is 3.17. The average molecular weight is 496 g/mol. The molecule has 34 heavy (non-hydrogen) atoms. The molecule has 0 aromatic heterocycles. The van der Waals surface area contributed by atoms with Gasteiger partial charge in [0.15, 0.2) is 0 Å². The molecule has 1 N–H and O–H groups in total. The quantitative estimate of drug-likeness (QED) is 0.351. The van der Waals surface area contributed by atoms with Crippen molar-refractivity contribution >= 4 is 23.5 Å². The van der Waals surface area contributed by atoms with Crippen molar-refractivity contribution in [3.05, 3.63) is 0 Å². The molecule has 5 nitrogen and oxygen atoms in total. The van der Waals surface area contributed by atoms with E-state index in [0.29, 0.717) is 30.3 Å². The fourth-order valence-electron chi connectivity index (χ4n) is 7.79. The van der Waals surface area contributed by atoms with E-state index in [1.807, 2.05) is 0 Å². The van der Waals surface area contributed by atoms with Crippen molar-refractivity contribution in [1.82, 2.24) is 4.90 Å². The minimum atomic E-state index is -0.506. The van der Waals surface area contributed by atoms with Crippen LogP contribution in [0, 0.1) is 34.0 Å². The van der Waals surface area contributed by atoms with Crippen LogP contribution in [0.15, 0.2) is 0 Å². The zero-order valence-electron chi connectivity index (χ0n) is 22.7. The summed E-state index contributed by atoms with van der Waals surface area (Å²) in [7, 11) is 0. The van der Waals surface area contributed by atoms with Gasteiger partial charge in [0.1, 0.15) is 11.9 Å². The maximum atomic E-state index is 13.4. The number of carbonyl (C=O) groups excluding carboxylic acids is 2. The Hall–Kier alpha value is -0.590. The van der Waals surface area contributed by atoms with Crippen LogP contribution in [0.5, 0.6) is 0 Å². The molecule has 2 bridgehead atoms. The predicted molar refractivity (Wildman–Crippen MR) is 140 cm³/mol. The summed E-state index contributed by atoms with van der Waals surface area (Å²) in [5.74, 6) is 1.62. The number of aliphatic hydroxyl groups is 1. The summed E-state index contributed by atoms with van der Waals surface area (Å²) in [6.45, 7) is 18.3. The molecule has 3 rings (SSSR count). The molecule has 6 heteroatoms. The van der Waals surface area contributed by atoms with Crippen LogP contribution in [-0.2, 0) is 14.3 Å². The maximum absolute atomic E-state index is 13.4. The summed E-state index contributed by atoms with van der Waals surface area (Å²) in [4.78, 5) is 28.9. The van der Waals surface area contributed by atoms with Crippen molar-refractivity contribution in [1.29, 1.82) is 0 Å². The van der Waals surface area contributed by atoms with Crippen molar-refractivity contribution in [3.63, 3.8) is 0 Å². The molecule has 3 saturated carbocycles. The van der Waals surface area contributed by atoms with Crippen molar-refractivity contribution in [2.45, 2.75) is 99.2 Å². The first-order valence-corrected chi connectivity index (χ1v) is 14.9. The SMILES string of the molecule is CCN(CC)CCSCC(=O)O[C@@H]1C[C@@](C)(CC)[C@@H](O)[C@H](C)[C@]23CCC(=O)[C@H]2[C@@]1(C)[C@H](C)CC3. The molecule has 3 aliphatic carbocycles. The molecule has 3 fully saturated rings. The zero-order chi connectivity index (χ0) is 25.3. The third kappa shape index (κ3) is 4.72. The lowest BCUT2D eigenvalue weighted by atomic mass is 9.43. The molecule has 0 aromatic carbocycles. The molecule has 0 heterocycles. The third-order valence-electron chi connectivity index (χ3n) is 10.6. The normalized spacial score (nSPS) is 42.3. The Kier molecular flexibility index (Phi) is 8.89. The molecule has 0 amide bonds. The molecular weight excluding hydrogens is 446 g/mol.